The third-order valence-corrected chi connectivity index (χ3v) is 4.52. The number of anilines is 2. The molecule has 0 atom stereocenters. The second kappa shape index (κ2) is 8.68. The van der Waals surface area contributed by atoms with Crippen LogP contribution in [0.1, 0.15) is 26.7 Å². The van der Waals surface area contributed by atoms with E-state index in [1.54, 1.807) is 0 Å². The Bertz CT molecular complexity index is 547. The number of benzene rings is 1. The summed E-state index contributed by atoms with van der Waals surface area (Å²) in [7, 11) is 2.13. The monoisotopic (exact) mass is 332 g/mol. The number of hydrogen-bond acceptors (Lipinski definition) is 4. The van der Waals surface area contributed by atoms with Crippen LogP contribution in [0.25, 0.3) is 0 Å². The van der Waals surface area contributed by atoms with Gasteiger partial charge in [0.25, 0.3) is 0 Å². The summed E-state index contributed by atoms with van der Waals surface area (Å²) < 4.78 is 0. The third kappa shape index (κ3) is 4.96. The average Bonchev–Trinajstić information content (AvgIpc) is 2.60. The van der Waals surface area contributed by atoms with E-state index in [4.69, 9.17) is 0 Å². The number of piperazine rings is 1. The van der Waals surface area contributed by atoms with Gasteiger partial charge in [-0.05, 0) is 44.2 Å². The zero-order chi connectivity index (χ0) is 17.5. The Hall–Kier alpha value is -2.08. The van der Waals surface area contributed by atoms with Crippen molar-refractivity contribution in [2.75, 3.05) is 43.4 Å². The smallest absolute Gasteiger partial charge is 0.313 e. The summed E-state index contributed by atoms with van der Waals surface area (Å²) in [4.78, 5) is 28.5. The van der Waals surface area contributed by atoms with Gasteiger partial charge in [0.2, 0.25) is 0 Å². The Balaban J connectivity index is 1.89. The largest absolute Gasteiger partial charge is 0.369 e. The molecule has 0 saturated carbocycles. The topological polar surface area (TPSA) is 64.7 Å². The van der Waals surface area contributed by atoms with Crippen LogP contribution in [-0.4, -0.2) is 56.0 Å². The van der Waals surface area contributed by atoms with Gasteiger partial charge in [-0.3, -0.25) is 9.59 Å². The molecule has 0 radical (unpaired) electrons. The van der Waals surface area contributed by atoms with E-state index in [-0.39, 0.29) is 6.04 Å². The molecule has 0 spiro atoms. The Kier molecular flexibility index (Phi) is 6.61. The summed E-state index contributed by atoms with van der Waals surface area (Å²) in [5.74, 6) is -1.19. The maximum Gasteiger partial charge on any atom is 0.313 e. The standard InChI is InChI=1S/C18H28N4O2/c1-4-14(5-2)19-17(23)18(24)20-15-6-8-16(9-7-15)22-12-10-21(3)11-13-22/h6-9,14H,4-5,10-13H2,1-3H3,(H,19,23)(H,20,24). The lowest BCUT2D eigenvalue weighted by atomic mass is 10.2. The Morgan fingerprint density at radius 1 is 1.00 bits per heavy atom. The second-order valence-electron chi connectivity index (χ2n) is 6.28. The van der Waals surface area contributed by atoms with E-state index >= 15 is 0 Å². The van der Waals surface area contributed by atoms with E-state index in [0.717, 1.165) is 44.7 Å². The summed E-state index contributed by atoms with van der Waals surface area (Å²) in [5, 5.41) is 5.39. The molecule has 1 aliphatic heterocycles. The fraction of sp³-hybridized carbons (Fsp3) is 0.556. The number of amides is 2. The first kappa shape index (κ1) is 18.3. The fourth-order valence-electron chi connectivity index (χ4n) is 2.75. The van der Waals surface area contributed by atoms with Crippen LogP contribution in [0.15, 0.2) is 24.3 Å². The molecule has 2 N–H and O–H groups in total. The van der Waals surface area contributed by atoms with Gasteiger partial charge in [-0.1, -0.05) is 13.8 Å². The van der Waals surface area contributed by atoms with Gasteiger partial charge in [0.1, 0.15) is 0 Å². The van der Waals surface area contributed by atoms with Gasteiger partial charge in [-0.15, -0.1) is 0 Å². The molecule has 1 aromatic carbocycles. The zero-order valence-electron chi connectivity index (χ0n) is 14.8. The lowest BCUT2D eigenvalue weighted by Crippen LogP contribution is -2.44. The molecule has 2 rings (SSSR count). The van der Waals surface area contributed by atoms with Crippen LogP contribution in [0.4, 0.5) is 11.4 Å². The Labute approximate surface area is 144 Å². The van der Waals surface area contributed by atoms with Crippen LogP contribution in [-0.2, 0) is 9.59 Å². The molecule has 24 heavy (non-hydrogen) atoms. The highest BCUT2D eigenvalue weighted by Crippen LogP contribution is 2.19. The molecule has 0 unspecified atom stereocenters. The molecular formula is C18H28N4O2. The minimum absolute atomic E-state index is 0.0443. The van der Waals surface area contributed by atoms with Crippen molar-refractivity contribution in [1.82, 2.24) is 10.2 Å². The molecule has 6 heteroatoms. The van der Waals surface area contributed by atoms with E-state index in [1.165, 1.54) is 0 Å². The first-order valence-electron chi connectivity index (χ1n) is 8.68. The van der Waals surface area contributed by atoms with Gasteiger partial charge in [-0.25, -0.2) is 0 Å². The molecule has 132 valence electrons. The summed E-state index contributed by atoms with van der Waals surface area (Å²) in [5.41, 5.74) is 1.78. The predicted molar refractivity (Wildman–Crippen MR) is 97.3 cm³/mol. The van der Waals surface area contributed by atoms with Gasteiger partial charge < -0.3 is 20.4 Å². The van der Waals surface area contributed by atoms with Gasteiger partial charge >= 0.3 is 11.8 Å². The molecular weight excluding hydrogens is 304 g/mol. The van der Waals surface area contributed by atoms with Crippen molar-refractivity contribution >= 4 is 23.2 Å². The van der Waals surface area contributed by atoms with Crippen molar-refractivity contribution in [1.29, 1.82) is 0 Å². The normalized spacial score (nSPS) is 15.4. The van der Waals surface area contributed by atoms with Crippen molar-refractivity contribution in [2.24, 2.45) is 0 Å². The molecule has 1 heterocycles. The van der Waals surface area contributed by atoms with Crippen molar-refractivity contribution < 1.29 is 9.59 Å². The lowest BCUT2D eigenvalue weighted by molar-refractivity contribution is -0.136. The van der Waals surface area contributed by atoms with Gasteiger partial charge in [0.15, 0.2) is 0 Å². The number of hydrogen-bond donors (Lipinski definition) is 2. The van der Waals surface area contributed by atoms with E-state index < -0.39 is 11.8 Å². The van der Waals surface area contributed by atoms with Gasteiger partial charge in [0, 0.05) is 43.6 Å². The van der Waals surface area contributed by atoms with Crippen LogP contribution in [0.2, 0.25) is 0 Å². The van der Waals surface area contributed by atoms with Crippen LogP contribution < -0.4 is 15.5 Å². The van der Waals surface area contributed by atoms with Crippen molar-refractivity contribution in [3.8, 4) is 0 Å². The highest BCUT2D eigenvalue weighted by Gasteiger charge is 2.17. The van der Waals surface area contributed by atoms with Crippen molar-refractivity contribution in [3.63, 3.8) is 0 Å². The van der Waals surface area contributed by atoms with Crippen molar-refractivity contribution in [2.45, 2.75) is 32.7 Å². The van der Waals surface area contributed by atoms with Crippen molar-refractivity contribution in [3.05, 3.63) is 24.3 Å². The number of nitrogens with one attached hydrogen (secondary N) is 2. The SMILES string of the molecule is CCC(CC)NC(=O)C(=O)Nc1ccc(N2CCN(C)CC2)cc1. The summed E-state index contributed by atoms with van der Waals surface area (Å²) in [6, 6.07) is 7.70. The van der Waals surface area contributed by atoms with Gasteiger partial charge in [-0.2, -0.15) is 0 Å². The molecule has 0 bridgehead atoms. The second-order valence-corrected chi connectivity index (χ2v) is 6.28. The molecule has 0 aromatic heterocycles. The van der Waals surface area contributed by atoms with E-state index in [0.29, 0.717) is 5.69 Å². The van der Waals surface area contributed by atoms with Crippen LogP contribution in [0.5, 0.6) is 0 Å². The molecule has 6 nitrogen and oxygen atoms in total. The predicted octanol–water partition coefficient (Wildman–Crippen LogP) is 1.68. The highest BCUT2D eigenvalue weighted by molar-refractivity contribution is 6.39. The van der Waals surface area contributed by atoms with E-state index in [2.05, 4.69) is 27.5 Å². The summed E-state index contributed by atoms with van der Waals surface area (Å²) >= 11 is 0. The quantitative estimate of drug-likeness (QED) is 0.805. The number of carbonyl (C=O) groups is 2. The minimum Gasteiger partial charge on any atom is -0.369 e. The third-order valence-electron chi connectivity index (χ3n) is 4.52. The minimum atomic E-state index is -0.616. The number of likely N-dealkylation sites (N-methyl/N-ethyl adjacent to an activating group) is 1. The highest BCUT2D eigenvalue weighted by atomic mass is 16.2. The van der Waals surface area contributed by atoms with Crippen LogP contribution >= 0.6 is 0 Å². The molecule has 1 fully saturated rings. The maximum absolute atomic E-state index is 12.0. The molecule has 1 saturated heterocycles. The molecule has 0 aliphatic carbocycles. The average molecular weight is 332 g/mol. The zero-order valence-corrected chi connectivity index (χ0v) is 14.8. The molecule has 2 amide bonds. The fourth-order valence-corrected chi connectivity index (χ4v) is 2.75. The number of nitrogens with zero attached hydrogens (tertiary/aromatic N) is 2. The lowest BCUT2D eigenvalue weighted by Gasteiger charge is -2.34. The summed E-state index contributed by atoms with van der Waals surface area (Å²) in [6.07, 6.45) is 1.63. The summed E-state index contributed by atoms with van der Waals surface area (Å²) in [6.45, 7) is 8.08. The first-order valence-corrected chi connectivity index (χ1v) is 8.68. The van der Waals surface area contributed by atoms with Crippen LogP contribution in [0.3, 0.4) is 0 Å². The van der Waals surface area contributed by atoms with E-state index in [1.807, 2.05) is 38.1 Å². The van der Waals surface area contributed by atoms with E-state index in [9.17, 15) is 9.59 Å². The van der Waals surface area contributed by atoms with Crippen LogP contribution in [0, 0.1) is 0 Å². The number of carbonyl (C=O) groups excluding carboxylic acids is 2. The number of rotatable bonds is 5. The Morgan fingerprint density at radius 2 is 1.58 bits per heavy atom. The van der Waals surface area contributed by atoms with Gasteiger partial charge in [0.05, 0.1) is 0 Å². The molecule has 1 aliphatic rings. The first-order chi connectivity index (χ1) is 11.5. The molecule has 1 aromatic rings. The Morgan fingerprint density at radius 3 is 2.12 bits per heavy atom. The maximum atomic E-state index is 12.0.